The minimum absolute atomic E-state index is 0.0449. The molecule has 4 rings (SSSR count). The molecule has 0 radical (unpaired) electrons. The van der Waals surface area contributed by atoms with Crippen molar-refractivity contribution in [2.24, 2.45) is 0 Å². The fourth-order valence-electron chi connectivity index (χ4n) is 3.90. The summed E-state index contributed by atoms with van der Waals surface area (Å²) in [5.41, 5.74) is 1.14. The van der Waals surface area contributed by atoms with Crippen LogP contribution in [0.25, 0.3) is 11.4 Å². The third-order valence-electron chi connectivity index (χ3n) is 5.77. The molecule has 34 heavy (non-hydrogen) atoms. The van der Waals surface area contributed by atoms with Crippen molar-refractivity contribution in [2.75, 3.05) is 20.2 Å². The molecule has 0 aliphatic carbocycles. The minimum Gasteiger partial charge on any atom is -0.493 e. The quantitative estimate of drug-likeness (QED) is 0.546. The van der Waals surface area contributed by atoms with E-state index in [0.717, 1.165) is 32.4 Å². The topological polar surface area (TPSA) is 97.4 Å². The summed E-state index contributed by atoms with van der Waals surface area (Å²) < 4.78 is 24.6. The monoisotopic (exact) mass is 466 g/mol. The Morgan fingerprint density at radius 2 is 1.91 bits per heavy atom. The second kappa shape index (κ2) is 10.9. The first kappa shape index (κ1) is 23.4. The zero-order chi connectivity index (χ0) is 23.9. The first-order chi connectivity index (χ1) is 16.5. The first-order valence-electron chi connectivity index (χ1n) is 11.3. The summed E-state index contributed by atoms with van der Waals surface area (Å²) in [7, 11) is 1.50. The van der Waals surface area contributed by atoms with Gasteiger partial charge in [0, 0.05) is 31.5 Å². The summed E-state index contributed by atoms with van der Waals surface area (Å²) in [6.07, 6.45) is 3.69. The van der Waals surface area contributed by atoms with Gasteiger partial charge in [0.25, 0.3) is 5.56 Å². The number of benzene rings is 2. The molecule has 3 aromatic rings. The number of hydrogen-bond donors (Lipinski definition) is 1. The number of methoxy groups -OCH3 is 1. The maximum atomic E-state index is 13.4. The standard InChI is InChI=1S/C25H27FN4O4/c1-33-22-15-18(8-10-21(22)34-16-17-6-5-7-19(26)14-17)24-27-25(32)20(28-29-24)9-11-23(31)30-12-3-2-4-13-30/h5-8,10,14-15H,2-4,9,11-13,16H2,1H3,(H,27,29,32). The molecule has 2 heterocycles. The number of aromatic nitrogens is 3. The molecule has 1 aromatic heterocycles. The zero-order valence-corrected chi connectivity index (χ0v) is 19.1. The van der Waals surface area contributed by atoms with Gasteiger partial charge in [-0.1, -0.05) is 12.1 Å². The van der Waals surface area contributed by atoms with Gasteiger partial charge in [-0.25, -0.2) is 4.39 Å². The van der Waals surface area contributed by atoms with Crippen LogP contribution in [0.1, 0.15) is 36.9 Å². The molecule has 0 spiro atoms. The number of aryl methyl sites for hydroxylation is 1. The smallest absolute Gasteiger partial charge is 0.273 e. The molecule has 8 nitrogen and oxygen atoms in total. The van der Waals surface area contributed by atoms with Gasteiger partial charge in [-0.05, 0) is 55.2 Å². The number of piperidine rings is 1. The summed E-state index contributed by atoms with van der Waals surface area (Å²) >= 11 is 0. The molecule has 1 amide bonds. The molecule has 0 atom stereocenters. The average molecular weight is 467 g/mol. The van der Waals surface area contributed by atoms with E-state index in [-0.39, 0.29) is 48.3 Å². The number of likely N-dealkylation sites (tertiary alicyclic amines) is 1. The molecule has 0 saturated carbocycles. The van der Waals surface area contributed by atoms with Crippen LogP contribution in [0.2, 0.25) is 0 Å². The molecule has 1 saturated heterocycles. The van der Waals surface area contributed by atoms with E-state index in [1.54, 1.807) is 30.3 Å². The second-order valence-electron chi connectivity index (χ2n) is 8.18. The van der Waals surface area contributed by atoms with Crippen LogP contribution in [-0.4, -0.2) is 46.2 Å². The molecule has 1 fully saturated rings. The number of H-pyrrole nitrogens is 1. The van der Waals surface area contributed by atoms with Crippen molar-refractivity contribution >= 4 is 5.91 Å². The number of halogens is 1. The third-order valence-corrected chi connectivity index (χ3v) is 5.77. The molecule has 9 heteroatoms. The predicted octanol–water partition coefficient (Wildman–Crippen LogP) is 3.50. The van der Waals surface area contributed by atoms with Crippen LogP contribution in [0.3, 0.4) is 0 Å². The summed E-state index contributed by atoms with van der Waals surface area (Å²) in [5, 5.41) is 8.20. The molecule has 1 N–H and O–H groups in total. The number of aromatic amines is 1. The van der Waals surface area contributed by atoms with Crippen LogP contribution in [0.4, 0.5) is 4.39 Å². The van der Waals surface area contributed by atoms with Crippen LogP contribution >= 0.6 is 0 Å². The number of nitrogens with one attached hydrogen (secondary N) is 1. The minimum atomic E-state index is -0.373. The van der Waals surface area contributed by atoms with Gasteiger partial charge >= 0.3 is 0 Å². The van der Waals surface area contributed by atoms with Gasteiger partial charge in [-0.15, -0.1) is 10.2 Å². The number of nitrogens with zero attached hydrogens (tertiary/aromatic N) is 3. The predicted molar refractivity (Wildman–Crippen MR) is 124 cm³/mol. The van der Waals surface area contributed by atoms with Crippen LogP contribution in [0.5, 0.6) is 11.5 Å². The highest BCUT2D eigenvalue weighted by Crippen LogP contribution is 2.31. The Labute approximate surface area is 196 Å². The first-order valence-corrected chi connectivity index (χ1v) is 11.3. The van der Waals surface area contributed by atoms with Gasteiger partial charge in [0.05, 0.1) is 7.11 Å². The lowest BCUT2D eigenvalue weighted by Gasteiger charge is -2.26. The molecule has 0 bridgehead atoms. The lowest BCUT2D eigenvalue weighted by molar-refractivity contribution is -0.132. The highest BCUT2D eigenvalue weighted by molar-refractivity contribution is 5.76. The van der Waals surface area contributed by atoms with Gasteiger partial charge in [0.15, 0.2) is 17.3 Å². The van der Waals surface area contributed by atoms with E-state index >= 15 is 0 Å². The molecule has 0 unspecified atom stereocenters. The van der Waals surface area contributed by atoms with Crippen molar-refractivity contribution in [1.29, 1.82) is 0 Å². The number of amides is 1. The number of ether oxygens (including phenoxy) is 2. The van der Waals surface area contributed by atoms with Gasteiger partial charge in [-0.3, -0.25) is 9.59 Å². The van der Waals surface area contributed by atoms with Gasteiger partial charge in [0.1, 0.15) is 18.1 Å². The van der Waals surface area contributed by atoms with E-state index in [1.165, 1.54) is 19.2 Å². The van der Waals surface area contributed by atoms with Crippen molar-refractivity contribution in [1.82, 2.24) is 20.1 Å². The largest absolute Gasteiger partial charge is 0.493 e. The van der Waals surface area contributed by atoms with Crippen molar-refractivity contribution in [3.63, 3.8) is 0 Å². The van der Waals surface area contributed by atoms with Crippen molar-refractivity contribution in [3.05, 3.63) is 69.9 Å². The Bertz CT molecular complexity index is 1210. The maximum absolute atomic E-state index is 13.4. The van der Waals surface area contributed by atoms with Crippen LogP contribution < -0.4 is 15.0 Å². The Hall–Kier alpha value is -3.75. The highest BCUT2D eigenvalue weighted by Gasteiger charge is 2.18. The highest BCUT2D eigenvalue weighted by atomic mass is 19.1. The summed E-state index contributed by atoms with van der Waals surface area (Å²) in [6, 6.07) is 11.3. The molecular weight excluding hydrogens is 439 g/mol. The van der Waals surface area contributed by atoms with E-state index in [0.29, 0.717) is 22.6 Å². The Morgan fingerprint density at radius 3 is 2.65 bits per heavy atom. The van der Waals surface area contributed by atoms with Crippen molar-refractivity contribution < 1.29 is 18.7 Å². The normalized spacial score (nSPS) is 13.5. The van der Waals surface area contributed by atoms with E-state index in [1.807, 2.05) is 4.90 Å². The van der Waals surface area contributed by atoms with E-state index in [2.05, 4.69) is 15.2 Å². The molecule has 1 aliphatic rings. The van der Waals surface area contributed by atoms with Crippen molar-refractivity contribution in [2.45, 2.75) is 38.7 Å². The number of carbonyl (C=O) groups excluding carboxylic acids is 1. The van der Waals surface area contributed by atoms with Crippen molar-refractivity contribution in [3.8, 4) is 22.9 Å². The number of hydrogen-bond acceptors (Lipinski definition) is 6. The van der Waals surface area contributed by atoms with Crippen LogP contribution in [0.15, 0.2) is 47.3 Å². The van der Waals surface area contributed by atoms with Crippen LogP contribution in [0, 0.1) is 5.82 Å². The Morgan fingerprint density at radius 1 is 1.09 bits per heavy atom. The summed E-state index contributed by atoms with van der Waals surface area (Å²) in [6.45, 7) is 1.74. The fraction of sp³-hybridized carbons (Fsp3) is 0.360. The average Bonchev–Trinajstić information content (AvgIpc) is 2.87. The number of rotatable bonds is 8. The lowest BCUT2D eigenvalue weighted by atomic mass is 10.1. The van der Waals surface area contributed by atoms with Gasteiger partial charge in [0.2, 0.25) is 5.91 Å². The van der Waals surface area contributed by atoms with E-state index in [9.17, 15) is 14.0 Å². The van der Waals surface area contributed by atoms with E-state index < -0.39 is 0 Å². The maximum Gasteiger partial charge on any atom is 0.273 e. The molecule has 2 aromatic carbocycles. The summed E-state index contributed by atoms with van der Waals surface area (Å²) in [4.78, 5) is 29.5. The Kier molecular flexibility index (Phi) is 7.51. The van der Waals surface area contributed by atoms with Crippen LogP contribution in [-0.2, 0) is 17.8 Å². The fourth-order valence-corrected chi connectivity index (χ4v) is 3.90. The lowest BCUT2D eigenvalue weighted by Crippen LogP contribution is -2.36. The zero-order valence-electron chi connectivity index (χ0n) is 19.1. The second-order valence-corrected chi connectivity index (χ2v) is 8.18. The SMILES string of the molecule is COc1cc(-c2nnc(CCC(=O)N3CCCCC3)c(=O)[nH]2)ccc1OCc1cccc(F)c1. The Balaban J connectivity index is 1.42. The van der Waals surface area contributed by atoms with Gasteiger partial charge < -0.3 is 19.4 Å². The summed E-state index contributed by atoms with van der Waals surface area (Å²) in [5.74, 6) is 0.909. The number of carbonyl (C=O) groups is 1. The third kappa shape index (κ3) is 5.78. The molecule has 178 valence electrons. The van der Waals surface area contributed by atoms with E-state index in [4.69, 9.17) is 9.47 Å². The molecular formula is C25H27FN4O4. The molecule has 1 aliphatic heterocycles. The van der Waals surface area contributed by atoms with Gasteiger partial charge in [-0.2, -0.15) is 0 Å².